The summed E-state index contributed by atoms with van der Waals surface area (Å²) in [5, 5.41) is 8.87. The predicted octanol–water partition coefficient (Wildman–Crippen LogP) is 2.55. The molecule has 0 spiro atoms. The lowest BCUT2D eigenvalue weighted by molar-refractivity contribution is -0.145. The second-order valence-corrected chi connectivity index (χ2v) is 7.10. The summed E-state index contributed by atoms with van der Waals surface area (Å²) in [6.45, 7) is 2.44. The van der Waals surface area contributed by atoms with Gasteiger partial charge in [0.05, 0.1) is 18.7 Å². The largest absolute Gasteiger partial charge is 0.481 e. The van der Waals surface area contributed by atoms with Gasteiger partial charge in [0.2, 0.25) is 0 Å². The van der Waals surface area contributed by atoms with Crippen LogP contribution >= 0.6 is 7.60 Å². The SMILES string of the molecule is CCCCCCCCOC(=O)CCC(CP(=O)(O)O)C(=O)O. The molecule has 22 heavy (non-hydrogen) atoms. The van der Waals surface area contributed by atoms with Crippen molar-refractivity contribution in [2.45, 2.75) is 58.3 Å². The number of esters is 1. The summed E-state index contributed by atoms with van der Waals surface area (Å²) in [6, 6.07) is 0. The van der Waals surface area contributed by atoms with Gasteiger partial charge in [0.15, 0.2) is 0 Å². The maximum atomic E-state index is 11.5. The normalized spacial score (nSPS) is 12.9. The number of unbranched alkanes of at least 4 members (excludes halogenated alkanes) is 5. The number of carboxylic acids is 1. The van der Waals surface area contributed by atoms with E-state index in [-0.39, 0.29) is 12.8 Å². The fraction of sp³-hybridized carbons (Fsp3) is 0.857. The Morgan fingerprint density at radius 2 is 1.68 bits per heavy atom. The fourth-order valence-corrected chi connectivity index (χ4v) is 2.93. The zero-order valence-corrected chi connectivity index (χ0v) is 14.0. The number of rotatable bonds is 13. The van der Waals surface area contributed by atoms with Crippen LogP contribution in [0, 0.1) is 5.92 Å². The molecule has 0 aromatic rings. The summed E-state index contributed by atoms with van der Waals surface area (Å²) in [5.41, 5.74) is 0. The minimum atomic E-state index is -4.41. The van der Waals surface area contributed by atoms with Crippen LogP contribution in [0.15, 0.2) is 0 Å². The minimum absolute atomic E-state index is 0.129. The molecule has 0 heterocycles. The molecule has 7 nitrogen and oxygen atoms in total. The third-order valence-electron chi connectivity index (χ3n) is 3.27. The van der Waals surface area contributed by atoms with E-state index in [4.69, 9.17) is 19.6 Å². The van der Waals surface area contributed by atoms with Crippen LogP contribution in [0.2, 0.25) is 0 Å². The van der Waals surface area contributed by atoms with Gasteiger partial charge in [0.25, 0.3) is 0 Å². The van der Waals surface area contributed by atoms with Gasteiger partial charge >= 0.3 is 19.5 Å². The van der Waals surface area contributed by atoms with Crippen molar-refractivity contribution in [1.82, 2.24) is 0 Å². The molecule has 0 bridgehead atoms. The summed E-state index contributed by atoms with van der Waals surface area (Å²) < 4.78 is 15.8. The van der Waals surface area contributed by atoms with Crippen molar-refractivity contribution < 1.29 is 33.8 Å². The highest BCUT2D eigenvalue weighted by molar-refractivity contribution is 7.51. The Morgan fingerprint density at radius 1 is 1.09 bits per heavy atom. The molecule has 0 amide bonds. The van der Waals surface area contributed by atoms with Gasteiger partial charge < -0.3 is 19.6 Å². The van der Waals surface area contributed by atoms with Crippen LogP contribution in [-0.4, -0.2) is 39.6 Å². The van der Waals surface area contributed by atoms with E-state index >= 15 is 0 Å². The summed E-state index contributed by atoms with van der Waals surface area (Å²) in [4.78, 5) is 39.9. The van der Waals surface area contributed by atoms with Gasteiger partial charge in [-0.3, -0.25) is 14.2 Å². The van der Waals surface area contributed by atoms with E-state index in [0.717, 1.165) is 19.3 Å². The molecule has 130 valence electrons. The van der Waals surface area contributed by atoms with Crippen molar-refractivity contribution in [2.24, 2.45) is 5.92 Å². The Kier molecular flexibility index (Phi) is 11.1. The van der Waals surface area contributed by atoms with Crippen LogP contribution in [-0.2, 0) is 18.9 Å². The Balaban J connectivity index is 3.82. The molecule has 0 saturated carbocycles. The molecule has 8 heteroatoms. The summed E-state index contributed by atoms with van der Waals surface area (Å²) in [6.07, 6.45) is 5.39. The smallest absolute Gasteiger partial charge is 0.326 e. The van der Waals surface area contributed by atoms with Gasteiger partial charge in [-0.25, -0.2) is 0 Å². The van der Waals surface area contributed by atoms with Crippen LogP contribution in [0.3, 0.4) is 0 Å². The number of aliphatic carboxylic acids is 1. The highest BCUT2D eigenvalue weighted by Gasteiger charge is 2.27. The highest BCUT2D eigenvalue weighted by Crippen LogP contribution is 2.38. The van der Waals surface area contributed by atoms with Gasteiger partial charge in [-0.2, -0.15) is 0 Å². The van der Waals surface area contributed by atoms with Crippen molar-refractivity contribution in [3.63, 3.8) is 0 Å². The van der Waals surface area contributed by atoms with E-state index in [2.05, 4.69) is 6.92 Å². The van der Waals surface area contributed by atoms with E-state index < -0.39 is 31.6 Å². The Bertz CT molecular complexity index is 377. The molecule has 0 aromatic carbocycles. The number of hydrogen-bond acceptors (Lipinski definition) is 4. The van der Waals surface area contributed by atoms with Gasteiger partial charge in [0, 0.05) is 6.42 Å². The monoisotopic (exact) mass is 338 g/mol. The van der Waals surface area contributed by atoms with E-state index in [1.54, 1.807) is 0 Å². The van der Waals surface area contributed by atoms with Crippen molar-refractivity contribution in [3.05, 3.63) is 0 Å². The summed E-state index contributed by atoms with van der Waals surface area (Å²) >= 11 is 0. The van der Waals surface area contributed by atoms with Crippen molar-refractivity contribution in [2.75, 3.05) is 12.8 Å². The van der Waals surface area contributed by atoms with Crippen molar-refractivity contribution >= 4 is 19.5 Å². The zero-order chi connectivity index (χ0) is 17.0. The van der Waals surface area contributed by atoms with Gasteiger partial charge in [-0.15, -0.1) is 0 Å². The topological polar surface area (TPSA) is 121 Å². The lowest BCUT2D eigenvalue weighted by Gasteiger charge is -2.12. The first-order valence-electron chi connectivity index (χ1n) is 7.69. The van der Waals surface area contributed by atoms with E-state index in [0.29, 0.717) is 6.61 Å². The predicted molar refractivity (Wildman–Crippen MR) is 81.6 cm³/mol. The molecule has 1 atom stereocenters. The molecule has 3 N–H and O–H groups in total. The number of carbonyl (C=O) groups is 2. The van der Waals surface area contributed by atoms with Crippen molar-refractivity contribution in [1.29, 1.82) is 0 Å². The van der Waals surface area contributed by atoms with Crippen LogP contribution in [0.25, 0.3) is 0 Å². The van der Waals surface area contributed by atoms with Crippen LogP contribution in [0.5, 0.6) is 0 Å². The molecule has 0 fully saturated rings. The molecule has 0 saturated heterocycles. The molecule has 0 rings (SSSR count). The molecule has 0 aromatic heterocycles. The lowest BCUT2D eigenvalue weighted by atomic mass is 10.1. The summed E-state index contributed by atoms with van der Waals surface area (Å²) in [7, 11) is -4.41. The zero-order valence-electron chi connectivity index (χ0n) is 13.1. The molecular formula is C14H27O7P. The van der Waals surface area contributed by atoms with Crippen LogP contribution in [0.1, 0.15) is 58.3 Å². The third kappa shape index (κ3) is 12.8. The number of ether oxygens (including phenoxy) is 1. The average Bonchev–Trinajstić information content (AvgIpc) is 2.41. The molecular weight excluding hydrogens is 311 g/mol. The van der Waals surface area contributed by atoms with E-state index in [9.17, 15) is 14.2 Å². The number of carboxylic acid groups (broad SMARTS) is 1. The molecule has 1 unspecified atom stereocenters. The van der Waals surface area contributed by atoms with Crippen LogP contribution in [0.4, 0.5) is 0 Å². The standard InChI is InChI=1S/C14H27O7P/c1-2-3-4-5-6-7-10-21-13(15)9-8-12(14(16)17)11-22(18,19)20/h12H,2-11H2,1H3,(H,16,17)(H2,18,19,20). The van der Waals surface area contributed by atoms with Gasteiger partial charge in [-0.05, 0) is 12.8 Å². The third-order valence-corrected chi connectivity index (χ3v) is 4.18. The molecule has 0 radical (unpaired) electrons. The minimum Gasteiger partial charge on any atom is -0.481 e. The molecule has 0 aliphatic carbocycles. The van der Waals surface area contributed by atoms with Crippen LogP contribution < -0.4 is 0 Å². The summed E-state index contributed by atoms with van der Waals surface area (Å²) in [5.74, 6) is -3.07. The van der Waals surface area contributed by atoms with Gasteiger partial charge in [0.1, 0.15) is 0 Å². The average molecular weight is 338 g/mol. The Hall–Kier alpha value is -0.910. The fourth-order valence-electron chi connectivity index (χ4n) is 2.01. The number of hydrogen-bond donors (Lipinski definition) is 3. The molecule has 0 aliphatic heterocycles. The second-order valence-electron chi connectivity index (χ2n) is 5.41. The lowest BCUT2D eigenvalue weighted by Crippen LogP contribution is -2.20. The Labute approximate surface area is 131 Å². The maximum absolute atomic E-state index is 11.5. The quantitative estimate of drug-likeness (QED) is 0.268. The first-order chi connectivity index (χ1) is 10.3. The Morgan fingerprint density at radius 3 is 2.23 bits per heavy atom. The van der Waals surface area contributed by atoms with E-state index in [1.165, 1.54) is 19.3 Å². The van der Waals surface area contributed by atoms with Gasteiger partial charge in [-0.1, -0.05) is 39.0 Å². The van der Waals surface area contributed by atoms with Crippen molar-refractivity contribution in [3.8, 4) is 0 Å². The first-order valence-corrected chi connectivity index (χ1v) is 9.49. The highest BCUT2D eigenvalue weighted by atomic mass is 31.2. The maximum Gasteiger partial charge on any atom is 0.326 e. The number of carbonyl (C=O) groups excluding carboxylic acids is 1. The second kappa shape index (κ2) is 11.6. The van der Waals surface area contributed by atoms with E-state index in [1.807, 2.05) is 0 Å². The first kappa shape index (κ1) is 21.1. The molecule has 0 aliphatic rings.